The van der Waals surface area contributed by atoms with E-state index in [1.165, 1.54) is 215 Å². The fraction of sp³-hybridized carbons (Fsp3) is 0.761. The van der Waals surface area contributed by atoms with Crippen molar-refractivity contribution in [3.8, 4) is 0 Å². The summed E-state index contributed by atoms with van der Waals surface area (Å²) in [5.74, 6) is 0.161. The van der Waals surface area contributed by atoms with Crippen LogP contribution < -0.4 is 10.6 Å². The lowest BCUT2D eigenvalue weighted by Gasteiger charge is -2.32. The Morgan fingerprint density at radius 1 is 0.389 bits per heavy atom. The Bertz CT molecular complexity index is 3310. The molecule has 3 aromatic heterocycles. The van der Waals surface area contributed by atoms with Crippen molar-refractivity contribution in [2.45, 2.75) is 299 Å². The summed E-state index contributed by atoms with van der Waals surface area (Å²) in [5, 5.41) is 6.80. The molecule has 2 saturated heterocycles. The summed E-state index contributed by atoms with van der Waals surface area (Å²) in [7, 11) is 14.0. The van der Waals surface area contributed by atoms with E-state index in [9.17, 15) is 9.59 Å². The molecule has 0 aromatic carbocycles. The molecule has 8 bridgehead atoms. The lowest BCUT2D eigenvalue weighted by molar-refractivity contribution is -0.121. The molecule has 4 aliphatic heterocycles. The highest BCUT2D eigenvalue weighted by molar-refractivity contribution is 5.97. The number of aromatic amines is 2. The highest BCUT2D eigenvalue weighted by atomic mass is 16.2. The number of allylic oxidation sites excluding steroid dienone is 4. The number of unbranched alkanes of at least 4 members (excludes halogenated alkanes) is 14. The minimum Gasteiger partial charge on any atom is -0.356 e. The molecule has 2 unspecified atom stereocenters. The first-order valence-electron chi connectivity index (χ1n) is 44.7. The molecule has 4 N–H and O–H groups in total. The summed E-state index contributed by atoms with van der Waals surface area (Å²) < 4.78 is 0. The van der Waals surface area contributed by atoms with Crippen LogP contribution in [0.25, 0.3) is 44.4 Å². The molecule has 16 heteroatoms. The number of fused-ring (bicyclic) bond motifs is 8. The standard InChI is InChI=1S/C92H160N14O2/c1-15-19-21-23-25-27-29-31-43-77-49-67-105(65-41-59-101(11)55-35-33-53-99(9)57-39-61-103(77)13)63-37-51-93-91(107)47-45-81-75(7)84-69-83-73(5)79(17-3)87(95-83)70-85-74(6)80(18-4)88(96-85)71-86-76(8)82(90(98-86)72-89(81)97-84)46-48-92(108)94-52-38-64-106-66-42-60-102(12)56-36-34-54-100(10)58-40-62-104(14)78(50-68-106)44-32-30-28-26-24-22-20-16-2/h69-72,77-78,95-96H,15-68H2,1-14H3,(H,93,107)(H,94,108). The Hall–Kier alpha value is -4.78. The smallest absolute Gasteiger partial charge is 0.220 e. The molecular weight excluding hydrogens is 1330 g/mol. The maximum Gasteiger partial charge on any atom is 0.220 e. The van der Waals surface area contributed by atoms with Gasteiger partial charge in [-0.2, -0.15) is 0 Å². The van der Waals surface area contributed by atoms with Crippen LogP contribution in [0.1, 0.15) is 305 Å². The van der Waals surface area contributed by atoms with Crippen molar-refractivity contribution in [3.05, 3.63) is 69.3 Å². The molecule has 0 aliphatic carbocycles. The van der Waals surface area contributed by atoms with Gasteiger partial charge in [0, 0.05) is 60.1 Å². The van der Waals surface area contributed by atoms with Gasteiger partial charge >= 0.3 is 0 Å². The predicted molar refractivity (Wildman–Crippen MR) is 464 cm³/mol. The van der Waals surface area contributed by atoms with Gasteiger partial charge in [-0.15, -0.1) is 0 Å². The second kappa shape index (κ2) is 51.1. The van der Waals surface area contributed by atoms with Crippen molar-refractivity contribution in [3.63, 3.8) is 0 Å². The van der Waals surface area contributed by atoms with E-state index in [1.54, 1.807) is 0 Å². The average Bonchev–Trinajstić information content (AvgIpc) is 1.62. The number of hydrogen-bond donors (Lipinski definition) is 4. The van der Waals surface area contributed by atoms with Crippen LogP contribution >= 0.6 is 0 Å². The van der Waals surface area contributed by atoms with Crippen LogP contribution in [-0.4, -0.2) is 243 Å². The van der Waals surface area contributed by atoms with E-state index < -0.39 is 0 Å². The fourth-order valence-corrected chi connectivity index (χ4v) is 17.7. The highest BCUT2D eigenvalue weighted by Gasteiger charge is 2.26. The van der Waals surface area contributed by atoms with Crippen LogP contribution in [0.4, 0.5) is 0 Å². The van der Waals surface area contributed by atoms with E-state index in [2.05, 4.69) is 182 Å². The zero-order valence-corrected chi connectivity index (χ0v) is 71.9. The average molecular weight is 1490 g/mol. The second-order valence-electron chi connectivity index (χ2n) is 33.9. The molecule has 2 atom stereocenters. The maximum absolute atomic E-state index is 14.3. The van der Waals surface area contributed by atoms with Gasteiger partial charge in [0.25, 0.3) is 0 Å². The maximum atomic E-state index is 14.3. The Balaban J connectivity index is 1.05. The van der Waals surface area contributed by atoms with E-state index in [0.717, 1.165) is 184 Å². The number of H-pyrrole nitrogens is 2. The van der Waals surface area contributed by atoms with Crippen molar-refractivity contribution in [1.82, 2.24) is 69.8 Å². The van der Waals surface area contributed by atoms with Crippen LogP contribution in [-0.2, 0) is 22.4 Å². The number of aromatic nitrogens is 4. The van der Waals surface area contributed by atoms with E-state index in [4.69, 9.17) is 9.97 Å². The van der Waals surface area contributed by atoms with Gasteiger partial charge in [0.1, 0.15) is 0 Å². The number of rotatable bonds is 34. The van der Waals surface area contributed by atoms with Crippen LogP contribution in [0.15, 0.2) is 24.3 Å². The fourth-order valence-electron chi connectivity index (χ4n) is 17.7. The summed E-state index contributed by atoms with van der Waals surface area (Å²) >= 11 is 0. The third kappa shape index (κ3) is 31.7. The minimum atomic E-state index is 0.0806. The zero-order valence-electron chi connectivity index (χ0n) is 71.9. The molecule has 0 spiro atoms. The molecule has 4 aliphatic rings. The molecule has 7 rings (SSSR count). The van der Waals surface area contributed by atoms with Crippen LogP contribution in [0.2, 0.25) is 0 Å². The molecule has 16 nitrogen and oxygen atoms in total. The monoisotopic (exact) mass is 1490 g/mol. The molecule has 3 aromatic rings. The van der Waals surface area contributed by atoms with Gasteiger partial charge in [0.2, 0.25) is 11.8 Å². The van der Waals surface area contributed by atoms with Gasteiger partial charge < -0.3 is 59.8 Å². The summed E-state index contributed by atoms with van der Waals surface area (Å²) in [5.41, 5.74) is 17.2. The van der Waals surface area contributed by atoms with Crippen molar-refractivity contribution >= 4 is 56.2 Å². The number of amides is 2. The van der Waals surface area contributed by atoms with Gasteiger partial charge in [-0.25, -0.2) is 9.97 Å². The predicted octanol–water partition coefficient (Wildman–Crippen LogP) is 18.4. The number of carbonyl (C=O) groups is 2. The normalized spacial score (nSPS) is 19.5. The Kier molecular flexibility index (Phi) is 42.7. The van der Waals surface area contributed by atoms with Crippen molar-refractivity contribution in [1.29, 1.82) is 0 Å². The molecular formula is C92H160N14O2. The van der Waals surface area contributed by atoms with E-state index in [-0.39, 0.29) is 11.8 Å². The number of nitrogens with one attached hydrogen (secondary N) is 4. The molecule has 2 amide bonds. The second-order valence-corrected chi connectivity index (χ2v) is 33.9. The van der Waals surface area contributed by atoms with Gasteiger partial charge in [0.15, 0.2) is 0 Å². The molecule has 610 valence electrons. The molecule has 0 radical (unpaired) electrons. The molecule has 2 fully saturated rings. The molecule has 0 saturated carbocycles. The lowest BCUT2D eigenvalue weighted by Crippen LogP contribution is -2.38. The first-order valence-corrected chi connectivity index (χ1v) is 44.7. The van der Waals surface area contributed by atoms with E-state index >= 15 is 0 Å². The molecule has 108 heavy (non-hydrogen) atoms. The highest BCUT2D eigenvalue weighted by Crippen LogP contribution is 2.39. The lowest BCUT2D eigenvalue weighted by atomic mass is 9.98. The third-order valence-electron chi connectivity index (χ3n) is 25.0. The van der Waals surface area contributed by atoms with Crippen LogP contribution in [0.3, 0.4) is 0 Å². The largest absolute Gasteiger partial charge is 0.356 e. The van der Waals surface area contributed by atoms with Gasteiger partial charge in [-0.05, 0) is 359 Å². The summed E-state index contributed by atoms with van der Waals surface area (Å²) in [6.45, 7) is 37.2. The van der Waals surface area contributed by atoms with E-state index in [1.807, 2.05) is 0 Å². The quantitative estimate of drug-likeness (QED) is 0.0423. The van der Waals surface area contributed by atoms with Crippen molar-refractivity contribution in [2.75, 3.05) is 160 Å². The Morgan fingerprint density at radius 3 is 1.12 bits per heavy atom. The summed E-state index contributed by atoms with van der Waals surface area (Å²) in [6.07, 6.45) is 41.9. The van der Waals surface area contributed by atoms with Crippen molar-refractivity contribution < 1.29 is 9.59 Å². The Morgan fingerprint density at radius 2 is 0.731 bits per heavy atom. The van der Waals surface area contributed by atoms with Gasteiger partial charge in [-0.1, -0.05) is 130 Å². The van der Waals surface area contributed by atoms with Crippen LogP contribution in [0.5, 0.6) is 0 Å². The number of aryl methyl sites for hydroxylation is 4. The minimum absolute atomic E-state index is 0.0806. The Labute approximate surface area is 660 Å². The number of nitrogens with zero attached hydrogens (tertiary/aromatic N) is 10. The van der Waals surface area contributed by atoms with Crippen molar-refractivity contribution in [2.24, 2.45) is 0 Å². The first-order chi connectivity index (χ1) is 52.4. The summed E-state index contributed by atoms with van der Waals surface area (Å²) in [6, 6.07) is 10.1. The zero-order chi connectivity index (χ0) is 77.4. The van der Waals surface area contributed by atoms with Gasteiger partial charge in [-0.3, -0.25) is 9.59 Å². The molecule has 7 heterocycles. The number of hydrogen-bond acceptors (Lipinski definition) is 12. The van der Waals surface area contributed by atoms with E-state index in [0.29, 0.717) is 50.9 Å². The van der Waals surface area contributed by atoms with Crippen LogP contribution in [0, 0.1) is 13.8 Å². The SMILES string of the molecule is CCCCCCCCCCC1CCN(CCCNC(=O)CCC2=C(C)c3cc4[nH]c(cc5[nH]c(cc6nc(cc2n3)C(CCC(=O)NCCCN2CCCN(C)CCCCN(C)CCCN(C)C(CCCCCCCCCC)CC2)=C6C)c(CC)c5C)c(CC)c4C)CCCN(C)CCCCN(C)CCCN1C. The first kappa shape index (κ1) is 90.4. The third-order valence-corrected chi connectivity index (χ3v) is 25.0. The summed E-state index contributed by atoms with van der Waals surface area (Å²) in [4.78, 5) is 68.2. The number of carbonyl (C=O) groups excluding carboxylic acids is 2. The van der Waals surface area contributed by atoms with Gasteiger partial charge in [0.05, 0.1) is 22.8 Å². The topological polar surface area (TPSA) is 141 Å².